The molecule has 5 rings (SSSR count). The van der Waals surface area contributed by atoms with E-state index in [1.807, 2.05) is 6.07 Å². The number of carbonyl (C=O) groups excluding carboxylic acids is 1. The summed E-state index contributed by atoms with van der Waals surface area (Å²) in [4.78, 5) is 31.8. The van der Waals surface area contributed by atoms with Crippen molar-refractivity contribution in [2.24, 2.45) is 5.92 Å². The van der Waals surface area contributed by atoms with Gasteiger partial charge in [0.15, 0.2) is 0 Å². The van der Waals surface area contributed by atoms with Crippen LogP contribution in [0.4, 0.5) is 11.4 Å². The fraction of sp³-hybridized carbons (Fsp3) is 0.379. The van der Waals surface area contributed by atoms with E-state index in [1.165, 1.54) is 36.4 Å². The highest BCUT2D eigenvalue weighted by Gasteiger charge is 2.42. The van der Waals surface area contributed by atoms with Crippen LogP contribution in [0.25, 0.3) is 0 Å². The quantitative estimate of drug-likeness (QED) is 0.559. The largest absolute Gasteiger partial charge is 0.369 e. The minimum Gasteiger partial charge on any atom is -0.369 e. The summed E-state index contributed by atoms with van der Waals surface area (Å²) >= 11 is 0. The van der Waals surface area contributed by atoms with E-state index in [0.29, 0.717) is 5.56 Å². The van der Waals surface area contributed by atoms with Crippen LogP contribution in [0, 0.1) is 5.92 Å². The van der Waals surface area contributed by atoms with Crippen molar-refractivity contribution < 1.29 is 4.79 Å². The summed E-state index contributed by atoms with van der Waals surface area (Å²) in [5.74, 6) is 0.526. The summed E-state index contributed by atoms with van der Waals surface area (Å²) in [6.45, 7) is 6.44. The maximum Gasteiger partial charge on any atom is 0.257 e. The zero-order valence-corrected chi connectivity index (χ0v) is 20.4. The van der Waals surface area contributed by atoms with Crippen molar-refractivity contribution in [3.05, 3.63) is 94.4 Å². The van der Waals surface area contributed by atoms with Crippen LogP contribution in [0.3, 0.4) is 0 Å². The third-order valence-corrected chi connectivity index (χ3v) is 7.81. The monoisotopic (exact) mass is 470 g/mol. The number of pyridine rings is 1. The van der Waals surface area contributed by atoms with Crippen molar-refractivity contribution in [1.82, 2.24) is 9.88 Å². The number of nitrogens with zero attached hydrogens (tertiary/aromatic N) is 2. The number of hydrogen-bond acceptors (Lipinski definition) is 4. The molecule has 35 heavy (non-hydrogen) atoms. The predicted molar refractivity (Wildman–Crippen MR) is 141 cm³/mol. The number of carbonyl (C=O) groups is 1. The molecule has 2 fully saturated rings. The van der Waals surface area contributed by atoms with Crippen LogP contribution in [0.2, 0.25) is 0 Å². The average Bonchev–Trinajstić information content (AvgIpc) is 2.90. The number of rotatable bonds is 5. The van der Waals surface area contributed by atoms with Gasteiger partial charge in [-0.15, -0.1) is 0 Å². The van der Waals surface area contributed by atoms with Gasteiger partial charge in [-0.1, -0.05) is 37.3 Å². The highest BCUT2D eigenvalue weighted by molar-refractivity contribution is 6.04. The van der Waals surface area contributed by atoms with Gasteiger partial charge in [-0.3, -0.25) is 14.5 Å². The molecule has 1 amide bonds. The topological polar surface area (TPSA) is 68.4 Å². The van der Waals surface area contributed by atoms with Crippen LogP contribution < -0.4 is 15.8 Å². The van der Waals surface area contributed by atoms with Crippen molar-refractivity contribution in [2.75, 3.05) is 36.4 Å². The Morgan fingerprint density at radius 3 is 2.37 bits per heavy atom. The zero-order valence-electron chi connectivity index (χ0n) is 20.4. The zero-order chi connectivity index (χ0) is 24.3. The van der Waals surface area contributed by atoms with Crippen LogP contribution in [0.1, 0.15) is 48.5 Å². The van der Waals surface area contributed by atoms with Gasteiger partial charge in [-0.05, 0) is 67.5 Å². The molecule has 3 aromatic rings. The lowest BCUT2D eigenvalue weighted by Crippen LogP contribution is -2.56. The van der Waals surface area contributed by atoms with E-state index in [4.69, 9.17) is 0 Å². The molecule has 6 nitrogen and oxygen atoms in total. The summed E-state index contributed by atoms with van der Waals surface area (Å²) in [7, 11) is 0. The smallest absolute Gasteiger partial charge is 0.257 e. The predicted octanol–water partition coefficient (Wildman–Crippen LogP) is 4.85. The number of H-pyrrole nitrogens is 1. The van der Waals surface area contributed by atoms with E-state index in [2.05, 4.69) is 75.6 Å². The first-order valence-electron chi connectivity index (χ1n) is 12.7. The van der Waals surface area contributed by atoms with Crippen molar-refractivity contribution in [3.63, 3.8) is 0 Å². The molecular weight excluding hydrogens is 436 g/mol. The number of piperazine rings is 1. The molecule has 0 unspecified atom stereocenters. The number of aromatic amines is 1. The Morgan fingerprint density at radius 2 is 1.69 bits per heavy atom. The fourth-order valence-corrected chi connectivity index (χ4v) is 5.70. The molecule has 1 aromatic heterocycles. The van der Waals surface area contributed by atoms with Crippen molar-refractivity contribution in [1.29, 1.82) is 0 Å². The normalized spacial score (nSPS) is 23.1. The van der Waals surface area contributed by atoms with Gasteiger partial charge in [-0.25, -0.2) is 0 Å². The number of aromatic nitrogens is 1. The molecule has 182 valence electrons. The number of para-hydroxylation sites is 1. The summed E-state index contributed by atoms with van der Waals surface area (Å²) in [5, 5.41) is 3.03. The lowest BCUT2D eigenvalue weighted by molar-refractivity contribution is 0.0299. The van der Waals surface area contributed by atoms with Crippen LogP contribution in [0.15, 0.2) is 77.7 Å². The lowest BCUT2D eigenvalue weighted by atomic mass is 9.71. The first-order chi connectivity index (χ1) is 17.0. The Morgan fingerprint density at radius 1 is 0.943 bits per heavy atom. The second-order valence-electron chi connectivity index (χ2n) is 10.0. The minimum absolute atomic E-state index is 0.00594. The molecule has 2 aromatic carbocycles. The van der Waals surface area contributed by atoms with Gasteiger partial charge >= 0.3 is 0 Å². The molecule has 2 heterocycles. The first-order valence-corrected chi connectivity index (χ1v) is 12.7. The third-order valence-electron chi connectivity index (χ3n) is 7.81. The van der Waals surface area contributed by atoms with E-state index >= 15 is 0 Å². The maximum absolute atomic E-state index is 12.8. The van der Waals surface area contributed by atoms with Gasteiger partial charge < -0.3 is 15.2 Å². The number of benzene rings is 2. The van der Waals surface area contributed by atoms with E-state index in [1.54, 1.807) is 6.07 Å². The van der Waals surface area contributed by atoms with E-state index < -0.39 is 0 Å². The minimum atomic E-state index is -0.221. The second-order valence-corrected chi connectivity index (χ2v) is 10.0. The van der Waals surface area contributed by atoms with E-state index in [-0.39, 0.29) is 17.0 Å². The Kier molecular flexibility index (Phi) is 6.73. The van der Waals surface area contributed by atoms with Gasteiger partial charge in [-0.2, -0.15) is 0 Å². The van der Waals surface area contributed by atoms with Crippen molar-refractivity contribution >= 4 is 17.3 Å². The fourth-order valence-electron chi connectivity index (χ4n) is 5.70. The van der Waals surface area contributed by atoms with E-state index in [0.717, 1.165) is 50.6 Å². The van der Waals surface area contributed by atoms with Gasteiger partial charge in [0.2, 0.25) is 5.56 Å². The molecule has 6 heteroatoms. The van der Waals surface area contributed by atoms with E-state index in [9.17, 15) is 9.59 Å². The third kappa shape index (κ3) is 5.03. The summed E-state index contributed by atoms with van der Waals surface area (Å²) < 4.78 is 0. The molecule has 1 aliphatic carbocycles. The van der Waals surface area contributed by atoms with Gasteiger partial charge in [0.1, 0.15) is 0 Å². The highest BCUT2D eigenvalue weighted by atomic mass is 16.1. The Labute approximate surface area is 207 Å². The summed E-state index contributed by atoms with van der Waals surface area (Å²) in [6.07, 6.45) is 6.16. The molecule has 2 aliphatic rings. The Bertz CT molecular complexity index is 1190. The van der Waals surface area contributed by atoms with Crippen molar-refractivity contribution in [3.8, 4) is 0 Å². The molecule has 1 saturated heterocycles. The van der Waals surface area contributed by atoms with Crippen LogP contribution in [0.5, 0.6) is 0 Å². The number of hydrogen-bond donors (Lipinski definition) is 2. The van der Waals surface area contributed by atoms with Crippen molar-refractivity contribution in [2.45, 2.75) is 38.1 Å². The average molecular weight is 471 g/mol. The molecule has 1 aliphatic heterocycles. The van der Waals surface area contributed by atoms with Gasteiger partial charge in [0.05, 0.1) is 5.56 Å². The van der Waals surface area contributed by atoms with Gasteiger partial charge in [0, 0.05) is 55.4 Å². The molecule has 0 spiro atoms. The summed E-state index contributed by atoms with van der Waals surface area (Å²) in [5.41, 5.74) is 3.59. The standard InChI is InChI=1S/C29H34N4O2/c1-22-12-14-29(15-13-22,33-18-16-32(17-19-33)26-8-3-2-4-9-26)24-6-5-7-25(20-24)31-28(35)23-10-11-27(34)30-21-23/h2-11,20-22H,12-19H2,1H3,(H,30,34)(H,31,35). The lowest BCUT2D eigenvalue weighted by Gasteiger charge is -2.51. The SMILES string of the molecule is CC1CCC(c2cccc(NC(=O)c3ccc(=O)[nH]c3)c2)(N2CCN(c3ccccc3)CC2)CC1. The number of anilines is 2. The maximum atomic E-state index is 12.8. The van der Waals surface area contributed by atoms with Crippen LogP contribution >= 0.6 is 0 Å². The highest BCUT2D eigenvalue weighted by Crippen LogP contribution is 2.45. The van der Waals surface area contributed by atoms with Crippen LogP contribution in [-0.2, 0) is 5.54 Å². The Balaban J connectivity index is 1.37. The van der Waals surface area contributed by atoms with Crippen LogP contribution in [-0.4, -0.2) is 42.0 Å². The Hall–Kier alpha value is -3.38. The van der Waals surface area contributed by atoms with Gasteiger partial charge in [0.25, 0.3) is 5.91 Å². The number of amides is 1. The summed E-state index contributed by atoms with van der Waals surface area (Å²) in [6, 6.07) is 22.0. The molecular formula is C29H34N4O2. The number of nitrogens with one attached hydrogen (secondary N) is 2. The molecule has 0 radical (unpaired) electrons. The molecule has 2 N–H and O–H groups in total. The first kappa shape index (κ1) is 23.4. The molecule has 0 bridgehead atoms. The molecule has 0 atom stereocenters. The molecule has 1 saturated carbocycles. The second kappa shape index (κ2) is 10.1.